The number of rotatable bonds is 25. The average Bonchev–Trinajstić information content (AvgIpc) is 3.61. The minimum absolute atomic E-state index is 0.00346. The van der Waals surface area contributed by atoms with E-state index in [4.69, 9.17) is 14.2 Å². The van der Waals surface area contributed by atoms with Crippen LogP contribution in [-0.4, -0.2) is 25.3 Å². The Bertz CT molecular complexity index is 1670. The maximum Gasteiger partial charge on any atom is 0.306 e. The van der Waals surface area contributed by atoms with Crippen LogP contribution in [0, 0.1) is 46.3 Å². The quantitative estimate of drug-likeness (QED) is 0.0432. The van der Waals surface area contributed by atoms with Gasteiger partial charge in [0.25, 0.3) is 0 Å². The Morgan fingerprint density at radius 1 is 0.689 bits per heavy atom. The van der Waals surface area contributed by atoms with Gasteiger partial charge in [0.15, 0.2) is 0 Å². The van der Waals surface area contributed by atoms with Crippen molar-refractivity contribution in [1.29, 1.82) is 0 Å². The lowest BCUT2D eigenvalue weighted by Crippen LogP contribution is -2.51. The second-order valence-corrected chi connectivity index (χ2v) is 20.8. The molecule has 61 heavy (non-hydrogen) atoms. The second kappa shape index (κ2) is 23.5. The molecule has 0 aliphatic heterocycles. The van der Waals surface area contributed by atoms with E-state index in [0.29, 0.717) is 23.9 Å². The van der Waals surface area contributed by atoms with Crippen molar-refractivity contribution in [2.75, 3.05) is 13.2 Å². The van der Waals surface area contributed by atoms with Gasteiger partial charge in [0.1, 0.15) is 17.6 Å². The molecule has 0 amide bonds. The van der Waals surface area contributed by atoms with Crippen LogP contribution >= 0.6 is 0 Å². The minimum Gasteiger partial charge on any atom is -0.494 e. The largest absolute Gasteiger partial charge is 0.494 e. The summed E-state index contributed by atoms with van der Waals surface area (Å²) in [5, 5.41) is 8.78. The molecule has 2 aromatic rings. The first-order valence-electron chi connectivity index (χ1n) is 25.4. The highest BCUT2D eigenvalue weighted by atomic mass is 16.5. The van der Waals surface area contributed by atoms with Gasteiger partial charge >= 0.3 is 5.97 Å². The van der Waals surface area contributed by atoms with Gasteiger partial charge < -0.3 is 14.2 Å². The minimum atomic E-state index is 0.00346. The van der Waals surface area contributed by atoms with Crippen LogP contribution < -0.4 is 9.47 Å². The smallest absolute Gasteiger partial charge is 0.306 e. The molecule has 3 fully saturated rings. The lowest BCUT2D eigenvalue weighted by atomic mass is 9.47. The topological polar surface area (TPSA) is 69.5 Å². The summed E-state index contributed by atoms with van der Waals surface area (Å²) in [6, 6.07) is 15.6. The highest BCUT2D eigenvalue weighted by molar-refractivity contribution is 5.69. The maximum absolute atomic E-state index is 13.0. The monoisotopic (exact) mass is 837 g/mol. The Morgan fingerprint density at radius 2 is 1.30 bits per heavy atom. The number of allylic oxidation sites excluding steroid dienone is 1. The van der Waals surface area contributed by atoms with Crippen molar-refractivity contribution in [3.63, 3.8) is 0 Å². The number of esters is 1. The standard InChI is InChI=1S/C55H84N2O4/c1-7-8-9-10-13-16-38-59-46-27-23-44(24-28-46)56-57-45-25-29-47(30-26-45)60-39-17-14-11-12-15-21-53(58)61-48-34-36-54(5)43(40-48)22-31-49-51-33-32-50(42(4)20-18-19-41(2)3)55(51,6)37-35-52(49)54/h22-30,41-42,48-52H,7-21,31-40H2,1-6H3/t42-,48+,49+,50-,51+,52+,54+,55-/m1/s1. The van der Waals surface area contributed by atoms with E-state index >= 15 is 0 Å². The van der Waals surface area contributed by atoms with E-state index in [1.807, 2.05) is 48.5 Å². The molecule has 4 aliphatic carbocycles. The van der Waals surface area contributed by atoms with Gasteiger partial charge in [-0.1, -0.05) is 124 Å². The summed E-state index contributed by atoms with van der Waals surface area (Å²) in [5.74, 6) is 6.86. The van der Waals surface area contributed by atoms with Crippen molar-refractivity contribution >= 4 is 17.3 Å². The zero-order chi connectivity index (χ0) is 43.1. The number of ether oxygens (including phenoxy) is 3. The molecule has 6 nitrogen and oxygen atoms in total. The molecule has 0 N–H and O–H groups in total. The van der Waals surface area contributed by atoms with E-state index < -0.39 is 0 Å². The molecule has 6 rings (SSSR count). The van der Waals surface area contributed by atoms with Crippen LogP contribution in [0.4, 0.5) is 11.4 Å². The highest BCUT2D eigenvalue weighted by Gasteiger charge is 2.59. The number of benzene rings is 2. The summed E-state index contributed by atoms with van der Waals surface area (Å²) in [6.07, 6.45) is 30.3. The normalized spacial score (nSPS) is 27.6. The van der Waals surface area contributed by atoms with Crippen molar-refractivity contribution < 1.29 is 19.0 Å². The van der Waals surface area contributed by atoms with Gasteiger partial charge in [-0.25, -0.2) is 0 Å². The summed E-state index contributed by atoms with van der Waals surface area (Å²) >= 11 is 0. The third-order valence-corrected chi connectivity index (χ3v) is 16.1. The number of nitrogens with zero attached hydrogens (tertiary/aromatic N) is 2. The summed E-state index contributed by atoms with van der Waals surface area (Å²) in [4.78, 5) is 13.0. The van der Waals surface area contributed by atoms with Crippen LogP contribution in [0.3, 0.4) is 0 Å². The van der Waals surface area contributed by atoms with Crippen molar-refractivity contribution in [2.24, 2.45) is 56.6 Å². The molecule has 0 radical (unpaired) electrons. The lowest BCUT2D eigenvalue weighted by molar-refractivity contribution is -0.151. The molecule has 8 atom stereocenters. The van der Waals surface area contributed by atoms with Crippen molar-refractivity contribution in [2.45, 2.75) is 195 Å². The molecule has 3 saturated carbocycles. The fourth-order valence-electron chi connectivity index (χ4n) is 12.5. The van der Waals surface area contributed by atoms with Crippen molar-refractivity contribution in [1.82, 2.24) is 0 Å². The summed E-state index contributed by atoms with van der Waals surface area (Å²) in [7, 11) is 0. The zero-order valence-electron chi connectivity index (χ0n) is 39.4. The lowest BCUT2D eigenvalue weighted by Gasteiger charge is -2.58. The van der Waals surface area contributed by atoms with Crippen LogP contribution in [-0.2, 0) is 9.53 Å². The van der Waals surface area contributed by atoms with Gasteiger partial charge in [-0.15, -0.1) is 0 Å². The molecule has 6 heteroatoms. The van der Waals surface area contributed by atoms with Gasteiger partial charge in [0.05, 0.1) is 24.6 Å². The number of carbonyl (C=O) groups is 1. The fraction of sp³-hybridized carbons (Fsp3) is 0.727. The first kappa shape index (κ1) is 47.3. The Balaban J connectivity index is 0.814. The fourth-order valence-corrected chi connectivity index (χ4v) is 12.5. The summed E-state index contributed by atoms with van der Waals surface area (Å²) in [6.45, 7) is 16.3. The van der Waals surface area contributed by atoms with Crippen LogP contribution in [0.2, 0.25) is 0 Å². The van der Waals surface area contributed by atoms with E-state index in [-0.39, 0.29) is 12.1 Å². The second-order valence-electron chi connectivity index (χ2n) is 20.8. The molecule has 338 valence electrons. The van der Waals surface area contributed by atoms with Gasteiger partial charge in [0.2, 0.25) is 0 Å². The maximum atomic E-state index is 13.0. The number of unbranched alkanes of at least 4 members (excludes halogenated alkanes) is 9. The van der Waals surface area contributed by atoms with E-state index in [9.17, 15) is 4.79 Å². The van der Waals surface area contributed by atoms with E-state index in [2.05, 4.69) is 57.8 Å². The Kier molecular flexibility index (Phi) is 18.2. The van der Waals surface area contributed by atoms with Crippen LogP contribution in [0.1, 0.15) is 189 Å². The molecule has 0 heterocycles. The van der Waals surface area contributed by atoms with Gasteiger partial charge in [-0.05, 0) is 159 Å². The molecule has 0 unspecified atom stereocenters. The predicted molar refractivity (Wildman–Crippen MR) is 252 cm³/mol. The van der Waals surface area contributed by atoms with E-state index in [1.165, 1.54) is 89.9 Å². The number of hydrogen-bond donors (Lipinski definition) is 0. The molecule has 0 bridgehead atoms. The summed E-state index contributed by atoms with van der Waals surface area (Å²) in [5.41, 5.74) is 4.03. The Labute approximate surface area is 371 Å². The van der Waals surface area contributed by atoms with Crippen LogP contribution in [0.5, 0.6) is 11.5 Å². The first-order chi connectivity index (χ1) is 29.6. The van der Waals surface area contributed by atoms with Gasteiger partial charge in [0, 0.05) is 12.8 Å². The molecule has 0 saturated heterocycles. The summed E-state index contributed by atoms with van der Waals surface area (Å²) < 4.78 is 18.0. The number of azo groups is 1. The molecule has 0 aromatic heterocycles. The van der Waals surface area contributed by atoms with E-state index in [0.717, 1.165) is 116 Å². The number of hydrogen-bond acceptors (Lipinski definition) is 6. The first-order valence-corrected chi connectivity index (χ1v) is 25.4. The Morgan fingerprint density at radius 3 is 1.92 bits per heavy atom. The molecular formula is C55H84N2O4. The third kappa shape index (κ3) is 13.2. The van der Waals surface area contributed by atoms with Gasteiger partial charge in [-0.2, -0.15) is 10.2 Å². The predicted octanol–water partition coefficient (Wildman–Crippen LogP) is 16.5. The van der Waals surface area contributed by atoms with Crippen LogP contribution in [0.25, 0.3) is 0 Å². The molecule has 2 aromatic carbocycles. The van der Waals surface area contributed by atoms with Crippen molar-refractivity contribution in [3.05, 3.63) is 60.2 Å². The Hall–Kier alpha value is -3.15. The highest BCUT2D eigenvalue weighted by Crippen LogP contribution is 2.67. The van der Waals surface area contributed by atoms with Crippen LogP contribution in [0.15, 0.2) is 70.4 Å². The third-order valence-electron chi connectivity index (χ3n) is 16.1. The molecular weight excluding hydrogens is 753 g/mol. The average molecular weight is 837 g/mol. The van der Waals surface area contributed by atoms with Gasteiger partial charge in [-0.3, -0.25) is 4.79 Å². The molecule has 0 spiro atoms. The molecule has 4 aliphatic rings. The zero-order valence-corrected chi connectivity index (χ0v) is 39.4. The van der Waals surface area contributed by atoms with E-state index in [1.54, 1.807) is 5.57 Å². The van der Waals surface area contributed by atoms with Crippen molar-refractivity contribution in [3.8, 4) is 11.5 Å². The SMILES string of the molecule is CCCCCCCCOc1ccc(N=Nc2ccc(OCCCCCCCC(=O)O[C@H]3CC[C@@]4(C)C(=CC[C@H]5[C@@H]6CC[C@H]([C@H](C)CCCC(C)C)[C@@]6(C)CC[C@@H]54)C3)cc2)cc1. The number of carbonyl (C=O) groups excluding carboxylic acids is 1. The number of fused-ring (bicyclic) bond motifs is 5.